The minimum absolute atomic E-state index is 0.103. The van der Waals surface area contributed by atoms with E-state index in [0.717, 1.165) is 36.0 Å². The van der Waals surface area contributed by atoms with Gasteiger partial charge >= 0.3 is 5.97 Å². The summed E-state index contributed by atoms with van der Waals surface area (Å²) in [6, 6.07) is 7.67. The van der Waals surface area contributed by atoms with Gasteiger partial charge in [-0.15, -0.1) is 6.58 Å². The molecule has 0 saturated carbocycles. The number of aromatic nitrogens is 1. The van der Waals surface area contributed by atoms with E-state index in [9.17, 15) is 9.59 Å². The fourth-order valence-corrected chi connectivity index (χ4v) is 3.53. The van der Waals surface area contributed by atoms with Crippen LogP contribution in [0.1, 0.15) is 34.2 Å². The van der Waals surface area contributed by atoms with Gasteiger partial charge in [0.15, 0.2) is 0 Å². The number of esters is 1. The number of ether oxygens (including phenoxy) is 1. The molecule has 1 aromatic heterocycles. The molecule has 2 aromatic rings. The first-order valence-corrected chi connectivity index (χ1v) is 9.25. The van der Waals surface area contributed by atoms with Gasteiger partial charge in [-0.1, -0.05) is 23.8 Å². The number of rotatable bonds is 5. The van der Waals surface area contributed by atoms with Crippen LogP contribution in [0.2, 0.25) is 0 Å². The number of fused-ring (bicyclic) bond motifs is 1. The van der Waals surface area contributed by atoms with Crippen molar-refractivity contribution in [2.75, 3.05) is 40.3 Å². The van der Waals surface area contributed by atoms with Crippen LogP contribution in [-0.4, -0.2) is 66.6 Å². The summed E-state index contributed by atoms with van der Waals surface area (Å²) in [4.78, 5) is 30.1. The summed E-state index contributed by atoms with van der Waals surface area (Å²) in [5.41, 5.74) is 2.68. The largest absolute Gasteiger partial charge is 0.464 e. The molecule has 0 N–H and O–H groups in total. The van der Waals surface area contributed by atoms with Gasteiger partial charge in [0.2, 0.25) is 0 Å². The minimum Gasteiger partial charge on any atom is -0.464 e. The molecule has 0 aliphatic carbocycles. The predicted octanol–water partition coefficient (Wildman–Crippen LogP) is 2.78. The zero-order valence-electron chi connectivity index (χ0n) is 16.3. The lowest BCUT2D eigenvalue weighted by Crippen LogP contribution is -2.47. The smallest absolute Gasteiger partial charge is 0.355 e. The average Bonchev–Trinajstić information content (AvgIpc) is 3.00. The number of hydrogen-bond acceptors (Lipinski definition) is 4. The van der Waals surface area contributed by atoms with Crippen LogP contribution >= 0.6 is 0 Å². The maximum absolute atomic E-state index is 13.4. The number of methoxy groups -OCH3 is 1. The lowest BCUT2D eigenvalue weighted by Gasteiger charge is -2.32. The predicted molar refractivity (Wildman–Crippen MR) is 106 cm³/mol. The molecule has 1 aromatic carbocycles. The SMILES string of the molecule is C=C(C)CCn1c(C(=O)OC)c(C(=O)N2CCN(C)CC2)c2ccccc21. The molecule has 27 heavy (non-hydrogen) atoms. The number of nitrogens with zero attached hydrogens (tertiary/aromatic N) is 3. The number of likely N-dealkylation sites (N-methyl/N-ethyl adjacent to an activating group) is 1. The van der Waals surface area contributed by atoms with Crippen LogP contribution in [-0.2, 0) is 11.3 Å². The normalized spacial score (nSPS) is 15.1. The summed E-state index contributed by atoms with van der Waals surface area (Å²) < 4.78 is 6.95. The Morgan fingerprint density at radius 3 is 2.44 bits per heavy atom. The molecule has 1 amide bonds. The van der Waals surface area contributed by atoms with E-state index in [1.54, 1.807) is 0 Å². The van der Waals surface area contributed by atoms with E-state index in [1.807, 2.05) is 47.7 Å². The Labute approximate surface area is 160 Å². The van der Waals surface area contributed by atoms with Gasteiger partial charge in [0.1, 0.15) is 5.69 Å². The highest BCUT2D eigenvalue weighted by molar-refractivity contribution is 6.15. The molecule has 0 spiro atoms. The molecular weight excluding hydrogens is 342 g/mol. The van der Waals surface area contributed by atoms with Crippen LogP contribution < -0.4 is 0 Å². The van der Waals surface area contributed by atoms with Crippen LogP contribution in [0.15, 0.2) is 36.4 Å². The van der Waals surface area contributed by atoms with Crippen molar-refractivity contribution in [3.8, 4) is 0 Å². The number of piperazine rings is 1. The van der Waals surface area contributed by atoms with Crippen molar-refractivity contribution >= 4 is 22.8 Å². The molecule has 0 atom stereocenters. The Morgan fingerprint density at radius 2 is 1.81 bits per heavy atom. The molecule has 0 radical (unpaired) electrons. The molecule has 0 unspecified atom stereocenters. The second-order valence-corrected chi connectivity index (χ2v) is 7.19. The minimum atomic E-state index is -0.481. The molecule has 1 aliphatic rings. The first-order valence-electron chi connectivity index (χ1n) is 9.25. The molecule has 144 valence electrons. The van der Waals surface area contributed by atoms with Crippen molar-refractivity contribution in [1.82, 2.24) is 14.4 Å². The number of carbonyl (C=O) groups is 2. The highest BCUT2D eigenvalue weighted by atomic mass is 16.5. The summed E-state index contributed by atoms with van der Waals surface area (Å²) in [6.07, 6.45) is 0.727. The molecule has 6 heteroatoms. The zero-order chi connectivity index (χ0) is 19.6. The van der Waals surface area contributed by atoms with Crippen molar-refractivity contribution in [3.63, 3.8) is 0 Å². The molecule has 2 heterocycles. The Morgan fingerprint density at radius 1 is 1.15 bits per heavy atom. The molecule has 1 fully saturated rings. The Kier molecular flexibility index (Phi) is 5.65. The number of amides is 1. The average molecular weight is 369 g/mol. The van der Waals surface area contributed by atoms with Crippen LogP contribution in [0.25, 0.3) is 10.9 Å². The van der Waals surface area contributed by atoms with Gasteiger partial charge < -0.3 is 19.1 Å². The van der Waals surface area contributed by atoms with Crippen LogP contribution in [0.5, 0.6) is 0 Å². The lowest BCUT2D eigenvalue weighted by molar-refractivity contribution is 0.0569. The Bertz CT molecular complexity index is 876. The van der Waals surface area contributed by atoms with Gasteiger partial charge in [-0.25, -0.2) is 4.79 Å². The van der Waals surface area contributed by atoms with E-state index in [1.165, 1.54) is 7.11 Å². The van der Waals surface area contributed by atoms with E-state index >= 15 is 0 Å². The summed E-state index contributed by atoms with van der Waals surface area (Å²) in [5, 5.41) is 0.795. The summed E-state index contributed by atoms with van der Waals surface area (Å²) >= 11 is 0. The highest BCUT2D eigenvalue weighted by Crippen LogP contribution is 2.29. The van der Waals surface area contributed by atoms with Gasteiger partial charge in [-0.3, -0.25) is 4.79 Å². The molecular formula is C21H27N3O3. The van der Waals surface area contributed by atoms with E-state index in [-0.39, 0.29) is 5.91 Å². The molecule has 0 bridgehead atoms. The van der Waals surface area contributed by atoms with Gasteiger partial charge in [0, 0.05) is 43.6 Å². The van der Waals surface area contributed by atoms with Crippen molar-refractivity contribution in [1.29, 1.82) is 0 Å². The van der Waals surface area contributed by atoms with E-state index in [4.69, 9.17) is 4.74 Å². The van der Waals surface area contributed by atoms with Gasteiger partial charge in [0.25, 0.3) is 5.91 Å². The van der Waals surface area contributed by atoms with E-state index < -0.39 is 5.97 Å². The Hall–Kier alpha value is -2.60. The maximum Gasteiger partial charge on any atom is 0.355 e. The number of carbonyl (C=O) groups excluding carboxylic acids is 2. The molecule has 1 aliphatic heterocycles. The Balaban J connectivity index is 2.13. The van der Waals surface area contributed by atoms with Crippen molar-refractivity contribution in [2.24, 2.45) is 0 Å². The van der Waals surface area contributed by atoms with Crippen LogP contribution in [0.3, 0.4) is 0 Å². The lowest BCUT2D eigenvalue weighted by atomic mass is 10.1. The van der Waals surface area contributed by atoms with Crippen molar-refractivity contribution in [2.45, 2.75) is 19.9 Å². The second-order valence-electron chi connectivity index (χ2n) is 7.19. The number of allylic oxidation sites excluding steroid dienone is 1. The fraction of sp³-hybridized carbons (Fsp3) is 0.429. The van der Waals surface area contributed by atoms with Crippen molar-refractivity contribution in [3.05, 3.63) is 47.7 Å². The monoisotopic (exact) mass is 369 g/mol. The fourth-order valence-electron chi connectivity index (χ4n) is 3.53. The quantitative estimate of drug-likeness (QED) is 0.601. The topological polar surface area (TPSA) is 54.8 Å². The summed E-state index contributed by atoms with van der Waals surface area (Å²) in [6.45, 7) is 9.46. The number of hydrogen-bond donors (Lipinski definition) is 0. The van der Waals surface area contributed by atoms with Crippen LogP contribution in [0.4, 0.5) is 0 Å². The standard InChI is InChI=1S/C21H27N3O3/c1-15(2)9-10-24-17-8-6-5-7-16(17)18(19(24)21(26)27-4)20(25)23-13-11-22(3)12-14-23/h5-8H,1,9-14H2,2-4H3. The maximum atomic E-state index is 13.4. The van der Waals surface area contributed by atoms with Gasteiger partial charge in [-0.2, -0.15) is 0 Å². The van der Waals surface area contributed by atoms with E-state index in [2.05, 4.69) is 11.5 Å². The highest BCUT2D eigenvalue weighted by Gasteiger charge is 2.31. The summed E-state index contributed by atoms with van der Waals surface area (Å²) in [5.74, 6) is -0.584. The molecule has 6 nitrogen and oxygen atoms in total. The third kappa shape index (κ3) is 3.76. The third-order valence-electron chi connectivity index (χ3n) is 5.12. The summed E-state index contributed by atoms with van der Waals surface area (Å²) in [7, 11) is 3.40. The zero-order valence-corrected chi connectivity index (χ0v) is 16.3. The third-order valence-corrected chi connectivity index (χ3v) is 5.12. The van der Waals surface area contributed by atoms with Gasteiger partial charge in [-0.05, 0) is 26.5 Å². The molecule has 3 rings (SSSR count). The number of benzene rings is 1. The number of aryl methyl sites for hydroxylation is 1. The number of para-hydroxylation sites is 1. The first-order chi connectivity index (χ1) is 12.9. The van der Waals surface area contributed by atoms with Crippen molar-refractivity contribution < 1.29 is 14.3 Å². The van der Waals surface area contributed by atoms with E-state index in [0.29, 0.717) is 30.9 Å². The first kappa shape index (κ1) is 19.2. The van der Waals surface area contributed by atoms with Gasteiger partial charge in [0.05, 0.1) is 12.7 Å². The molecule has 1 saturated heterocycles. The van der Waals surface area contributed by atoms with Crippen LogP contribution in [0, 0.1) is 0 Å². The second kappa shape index (κ2) is 7.96.